The standard InChI is InChI=1S/C49H60N8O8/c1-26(2)56(30-18-32(19-30)64-33-20-34-41(38(21-33)63-9)45(62)57(44(34)61)37-10-11-40(58)53-43(37)60)25-29-12-14-55(15-13-29)39-24-51-36(23-52-39)42(59)54-46-48(5,6)47(49(46,7)8)65-31-16-27(3)35(22-50)28(4)17-31/h16-17,20-21,23-24,26,29-30,32,37,46-47H,10-15,18-19,25H2,1-9H3,(H,54,59)(H,53,58,60). The van der Waals surface area contributed by atoms with E-state index in [4.69, 9.17) is 14.2 Å². The van der Waals surface area contributed by atoms with E-state index >= 15 is 0 Å². The molecular weight excluding hydrogens is 829 g/mol. The van der Waals surface area contributed by atoms with Crippen LogP contribution in [0.25, 0.3) is 0 Å². The number of ether oxygens (including phenoxy) is 3. The molecule has 16 heteroatoms. The van der Waals surface area contributed by atoms with Gasteiger partial charge in [0.2, 0.25) is 11.8 Å². The van der Waals surface area contributed by atoms with Gasteiger partial charge in [-0.3, -0.25) is 39.1 Å². The second-order valence-electron chi connectivity index (χ2n) is 19.9. The summed E-state index contributed by atoms with van der Waals surface area (Å²) in [6.07, 6.45) is 6.72. The van der Waals surface area contributed by atoms with Crippen molar-refractivity contribution >= 4 is 35.4 Å². The molecule has 1 unspecified atom stereocenters. The first kappa shape index (κ1) is 45.5. The van der Waals surface area contributed by atoms with E-state index in [1.54, 1.807) is 24.5 Å². The molecule has 5 aliphatic rings. The Balaban J connectivity index is 0.813. The zero-order chi connectivity index (χ0) is 46.7. The SMILES string of the molecule is COc1cc(OC2CC(N(CC3CCN(c4cnc(C(=O)NC5C(C)(C)C(Oc6cc(C)c(C#N)c(C)c6)C5(C)C)cn4)CC3)C(C)C)C2)cc2c1C(=O)N(C1CCC(=O)NC1=O)C2=O. The van der Waals surface area contributed by atoms with Crippen LogP contribution in [0, 0.1) is 41.9 Å². The van der Waals surface area contributed by atoms with Crippen LogP contribution in [0.1, 0.15) is 128 Å². The van der Waals surface area contributed by atoms with Crippen LogP contribution in [0.3, 0.4) is 0 Å². The summed E-state index contributed by atoms with van der Waals surface area (Å²) in [6, 6.07) is 8.67. The second-order valence-corrected chi connectivity index (χ2v) is 19.9. The number of benzene rings is 2. The maximum atomic E-state index is 13.5. The summed E-state index contributed by atoms with van der Waals surface area (Å²) in [5, 5.41) is 14.9. The van der Waals surface area contributed by atoms with Gasteiger partial charge in [-0.25, -0.2) is 9.97 Å². The molecule has 8 rings (SSSR count). The molecule has 4 heterocycles. The van der Waals surface area contributed by atoms with Gasteiger partial charge >= 0.3 is 0 Å². The smallest absolute Gasteiger partial charge is 0.271 e. The molecule has 5 amide bonds. The Morgan fingerprint density at radius 3 is 2.18 bits per heavy atom. The fourth-order valence-corrected chi connectivity index (χ4v) is 11.2. The lowest BCUT2D eigenvalue weighted by Gasteiger charge is -2.63. The Labute approximate surface area is 380 Å². The molecule has 4 fully saturated rings. The van der Waals surface area contributed by atoms with E-state index in [-0.39, 0.29) is 70.4 Å². The van der Waals surface area contributed by atoms with E-state index in [9.17, 15) is 29.2 Å². The van der Waals surface area contributed by atoms with Gasteiger partial charge in [0.05, 0.1) is 42.3 Å². The molecule has 3 aromatic rings. The van der Waals surface area contributed by atoms with Crippen molar-refractivity contribution in [2.45, 2.75) is 130 Å². The molecule has 3 aliphatic heterocycles. The number of aryl methyl sites for hydroxylation is 2. The summed E-state index contributed by atoms with van der Waals surface area (Å²) in [6.45, 7) is 19.3. The number of amides is 5. The van der Waals surface area contributed by atoms with Gasteiger partial charge in [-0.1, -0.05) is 27.7 Å². The maximum Gasteiger partial charge on any atom is 0.271 e. The summed E-state index contributed by atoms with van der Waals surface area (Å²) in [5.41, 5.74) is 2.15. The third-order valence-electron chi connectivity index (χ3n) is 14.5. The van der Waals surface area contributed by atoms with E-state index < -0.39 is 29.7 Å². The normalized spacial score (nSPS) is 24.8. The van der Waals surface area contributed by atoms with Crippen molar-refractivity contribution in [3.63, 3.8) is 0 Å². The van der Waals surface area contributed by atoms with Crippen LogP contribution < -0.4 is 29.7 Å². The monoisotopic (exact) mass is 888 g/mol. The molecule has 0 spiro atoms. The number of piperidine rings is 2. The van der Waals surface area contributed by atoms with Crippen molar-refractivity contribution in [3.8, 4) is 23.3 Å². The summed E-state index contributed by atoms with van der Waals surface area (Å²) >= 11 is 0. The lowest BCUT2D eigenvalue weighted by atomic mass is 9.49. The van der Waals surface area contributed by atoms with E-state index in [0.29, 0.717) is 29.3 Å². The number of aromatic nitrogens is 2. The zero-order valence-corrected chi connectivity index (χ0v) is 38.8. The van der Waals surface area contributed by atoms with Gasteiger partial charge < -0.3 is 24.4 Å². The Bertz CT molecular complexity index is 2410. The highest BCUT2D eigenvalue weighted by Gasteiger charge is 2.64. The Hall–Kier alpha value is -6.08. The predicted octanol–water partition coefficient (Wildman–Crippen LogP) is 5.52. The topological polar surface area (TPSA) is 196 Å². The summed E-state index contributed by atoms with van der Waals surface area (Å²) in [4.78, 5) is 79.7. The van der Waals surface area contributed by atoms with Crippen LogP contribution in [0.2, 0.25) is 0 Å². The van der Waals surface area contributed by atoms with Gasteiger partial charge in [-0.15, -0.1) is 0 Å². The van der Waals surface area contributed by atoms with E-state index in [2.05, 4.69) is 78.0 Å². The van der Waals surface area contributed by atoms with Crippen LogP contribution >= 0.6 is 0 Å². The first-order chi connectivity index (χ1) is 30.8. The molecule has 2 aromatic carbocycles. The molecule has 1 aromatic heterocycles. The average Bonchev–Trinajstić information content (AvgIpc) is 3.50. The number of fused-ring (bicyclic) bond motifs is 1. The molecule has 65 heavy (non-hydrogen) atoms. The molecule has 2 saturated heterocycles. The van der Waals surface area contributed by atoms with Crippen molar-refractivity contribution in [1.82, 2.24) is 30.4 Å². The van der Waals surface area contributed by atoms with Gasteiger partial charge in [0.1, 0.15) is 47.0 Å². The number of hydrogen-bond acceptors (Lipinski definition) is 13. The Morgan fingerprint density at radius 2 is 1.60 bits per heavy atom. The molecule has 2 aliphatic carbocycles. The third-order valence-corrected chi connectivity index (χ3v) is 14.5. The number of nitrogens with one attached hydrogen (secondary N) is 2. The maximum absolute atomic E-state index is 13.5. The lowest BCUT2D eigenvalue weighted by molar-refractivity contribution is -0.164. The minimum absolute atomic E-state index is 0.0405. The number of carbonyl (C=O) groups is 5. The Kier molecular flexibility index (Phi) is 12.2. The number of rotatable bonds is 13. The van der Waals surface area contributed by atoms with Gasteiger partial charge in [-0.05, 0) is 82.2 Å². The second kappa shape index (κ2) is 17.4. The van der Waals surface area contributed by atoms with E-state index in [1.807, 2.05) is 26.0 Å². The summed E-state index contributed by atoms with van der Waals surface area (Å²) in [5.74, 6) is -0.000564. The quantitative estimate of drug-likeness (QED) is 0.204. The average molecular weight is 889 g/mol. The van der Waals surface area contributed by atoms with Crippen LogP contribution in [-0.2, 0) is 9.59 Å². The molecular formula is C49H60N8O8. The van der Waals surface area contributed by atoms with Gasteiger partial charge in [0.25, 0.3) is 17.7 Å². The van der Waals surface area contributed by atoms with Gasteiger partial charge in [-0.2, -0.15) is 5.26 Å². The minimum atomic E-state index is -1.07. The summed E-state index contributed by atoms with van der Waals surface area (Å²) < 4.78 is 18.4. The van der Waals surface area contributed by atoms with E-state index in [0.717, 1.165) is 72.9 Å². The number of carbonyl (C=O) groups excluding carboxylic acids is 5. The fourth-order valence-electron chi connectivity index (χ4n) is 11.2. The number of hydrogen-bond donors (Lipinski definition) is 2. The molecule has 0 bridgehead atoms. The largest absolute Gasteiger partial charge is 0.496 e. The third kappa shape index (κ3) is 8.39. The molecule has 2 saturated carbocycles. The van der Waals surface area contributed by atoms with Crippen molar-refractivity contribution in [2.75, 3.05) is 31.6 Å². The number of nitrogens with zero attached hydrogens (tertiary/aromatic N) is 6. The van der Waals surface area contributed by atoms with Crippen LogP contribution in [0.5, 0.6) is 17.2 Å². The highest BCUT2D eigenvalue weighted by Crippen LogP contribution is 2.55. The molecule has 0 radical (unpaired) electrons. The number of methoxy groups -OCH3 is 1. The molecule has 2 N–H and O–H groups in total. The van der Waals surface area contributed by atoms with Gasteiger partial charge in [0.15, 0.2) is 0 Å². The molecule has 16 nitrogen and oxygen atoms in total. The predicted molar refractivity (Wildman–Crippen MR) is 240 cm³/mol. The van der Waals surface area contributed by atoms with Crippen LogP contribution in [-0.4, -0.2) is 112 Å². The molecule has 344 valence electrons. The van der Waals surface area contributed by atoms with Crippen molar-refractivity contribution < 1.29 is 38.2 Å². The number of nitriles is 1. The number of anilines is 1. The summed E-state index contributed by atoms with van der Waals surface area (Å²) in [7, 11) is 1.42. The minimum Gasteiger partial charge on any atom is -0.496 e. The highest BCUT2D eigenvalue weighted by molar-refractivity contribution is 6.24. The first-order valence-electron chi connectivity index (χ1n) is 22.7. The zero-order valence-electron chi connectivity index (χ0n) is 38.8. The van der Waals surface area contributed by atoms with Crippen molar-refractivity contribution in [3.05, 3.63) is 70.2 Å². The first-order valence-corrected chi connectivity index (χ1v) is 22.7. The van der Waals surface area contributed by atoms with Crippen molar-refractivity contribution in [2.24, 2.45) is 16.7 Å². The molecule has 1 atom stereocenters. The van der Waals surface area contributed by atoms with Crippen LogP contribution in [0.4, 0.5) is 5.82 Å². The fraction of sp³-hybridized carbons (Fsp3) is 0.551. The Morgan fingerprint density at radius 1 is 0.938 bits per heavy atom. The van der Waals surface area contributed by atoms with Gasteiger partial charge in [0, 0.05) is 73.9 Å². The highest BCUT2D eigenvalue weighted by atomic mass is 16.5. The van der Waals surface area contributed by atoms with Crippen molar-refractivity contribution in [1.29, 1.82) is 5.26 Å². The van der Waals surface area contributed by atoms with E-state index in [1.165, 1.54) is 7.11 Å². The van der Waals surface area contributed by atoms with Crippen LogP contribution in [0.15, 0.2) is 36.7 Å². The number of imide groups is 2. The lowest BCUT2D eigenvalue weighted by Crippen LogP contribution is -2.74.